The van der Waals surface area contributed by atoms with Gasteiger partial charge < -0.3 is 10.4 Å². The highest BCUT2D eigenvalue weighted by atomic mass is 32.2. The molecular formula is C13H18N2O4S. The van der Waals surface area contributed by atoms with Gasteiger partial charge in [-0.05, 0) is 49.9 Å². The molecule has 1 aromatic rings. The summed E-state index contributed by atoms with van der Waals surface area (Å²) in [6.07, 6.45) is 1.04. The van der Waals surface area contributed by atoms with Crippen LogP contribution in [-0.4, -0.2) is 32.1 Å². The number of benzene rings is 1. The maximum absolute atomic E-state index is 12.0. The molecule has 0 unspecified atom stereocenters. The largest absolute Gasteiger partial charge is 0.384 e. The van der Waals surface area contributed by atoms with Crippen molar-refractivity contribution in [3.05, 3.63) is 24.3 Å². The van der Waals surface area contributed by atoms with E-state index in [0.29, 0.717) is 18.2 Å². The van der Waals surface area contributed by atoms with Crippen LogP contribution in [0.2, 0.25) is 0 Å². The quantitative estimate of drug-likeness (QED) is 0.720. The van der Waals surface area contributed by atoms with Crippen LogP contribution in [0.25, 0.3) is 0 Å². The molecule has 0 spiro atoms. The second-order valence-corrected chi connectivity index (χ2v) is 6.75. The number of hydrogen-bond acceptors (Lipinski definition) is 4. The Hall–Kier alpha value is -1.44. The first-order valence-corrected chi connectivity index (χ1v) is 7.95. The SMILES string of the molecule is C[C@H](O)C(=O)Nc1ccc(S(=O)(=O)NCC2CC2)cc1. The third-order valence-electron chi connectivity index (χ3n) is 3.07. The van der Waals surface area contributed by atoms with Crippen LogP contribution >= 0.6 is 0 Å². The predicted molar refractivity (Wildman–Crippen MR) is 74.7 cm³/mol. The summed E-state index contributed by atoms with van der Waals surface area (Å²) < 4.78 is 26.5. The first-order valence-electron chi connectivity index (χ1n) is 6.47. The van der Waals surface area contributed by atoms with Gasteiger partial charge >= 0.3 is 0 Å². The summed E-state index contributed by atoms with van der Waals surface area (Å²) in [5, 5.41) is 11.6. The van der Waals surface area contributed by atoms with Crippen molar-refractivity contribution in [1.29, 1.82) is 0 Å². The van der Waals surface area contributed by atoms with Crippen LogP contribution in [0.5, 0.6) is 0 Å². The lowest BCUT2D eigenvalue weighted by Gasteiger charge is -2.09. The zero-order valence-corrected chi connectivity index (χ0v) is 12.0. The average molecular weight is 298 g/mol. The Bertz CT molecular complexity index is 577. The normalized spacial score (nSPS) is 16.7. The Morgan fingerprint density at radius 2 is 1.95 bits per heavy atom. The molecule has 1 amide bonds. The minimum absolute atomic E-state index is 0.160. The van der Waals surface area contributed by atoms with Gasteiger partial charge in [0.25, 0.3) is 5.91 Å². The molecule has 0 heterocycles. The van der Waals surface area contributed by atoms with Crippen molar-refractivity contribution in [1.82, 2.24) is 4.72 Å². The predicted octanol–water partition coefficient (Wildman–Crippen LogP) is 0.694. The van der Waals surface area contributed by atoms with Crippen molar-refractivity contribution in [3.63, 3.8) is 0 Å². The molecule has 0 aromatic heterocycles. The standard InChI is InChI=1S/C13H18N2O4S/c1-9(16)13(17)15-11-4-6-12(7-5-11)20(18,19)14-8-10-2-3-10/h4-7,9-10,14,16H,2-3,8H2,1H3,(H,15,17)/t9-/m0/s1. The Balaban J connectivity index is 2.01. The molecule has 7 heteroatoms. The van der Waals surface area contributed by atoms with E-state index < -0.39 is 22.0 Å². The van der Waals surface area contributed by atoms with Crippen LogP contribution in [0, 0.1) is 5.92 Å². The molecule has 0 radical (unpaired) electrons. The van der Waals surface area contributed by atoms with Gasteiger partial charge in [0, 0.05) is 12.2 Å². The smallest absolute Gasteiger partial charge is 0.252 e. The highest BCUT2D eigenvalue weighted by molar-refractivity contribution is 7.89. The topological polar surface area (TPSA) is 95.5 Å². The summed E-state index contributed by atoms with van der Waals surface area (Å²) in [5.74, 6) is -0.0677. The van der Waals surface area contributed by atoms with Crippen LogP contribution in [0.3, 0.4) is 0 Å². The summed E-state index contributed by atoms with van der Waals surface area (Å²) in [6, 6.07) is 5.83. The van der Waals surface area contributed by atoms with Crippen molar-refractivity contribution < 1.29 is 18.3 Å². The van der Waals surface area contributed by atoms with Gasteiger partial charge in [-0.25, -0.2) is 13.1 Å². The van der Waals surface area contributed by atoms with E-state index in [9.17, 15) is 13.2 Å². The first kappa shape index (κ1) is 15.0. The van der Waals surface area contributed by atoms with Crippen LogP contribution in [0.15, 0.2) is 29.2 Å². The molecule has 1 aliphatic rings. The molecule has 2 rings (SSSR count). The highest BCUT2D eigenvalue weighted by Crippen LogP contribution is 2.28. The number of hydrogen-bond donors (Lipinski definition) is 3. The van der Waals surface area contributed by atoms with E-state index >= 15 is 0 Å². The number of sulfonamides is 1. The maximum atomic E-state index is 12.0. The number of aliphatic hydroxyl groups is 1. The summed E-state index contributed by atoms with van der Waals surface area (Å²) in [4.78, 5) is 11.4. The van der Waals surface area contributed by atoms with Crippen LogP contribution in [-0.2, 0) is 14.8 Å². The Kier molecular flexibility index (Phi) is 4.42. The van der Waals surface area contributed by atoms with Gasteiger partial charge in [0.05, 0.1) is 4.90 Å². The molecule has 0 bridgehead atoms. The third kappa shape index (κ3) is 4.03. The van der Waals surface area contributed by atoms with Gasteiger partial charge in [-0.3, -0.25) is 4.79 Å². The summed E-state index contributed by atoms with van der Waals surface area (Å²) in [5.41, 5.74) is 0.442. The van der Waals surface area contributed by atoms with Gasteiger partial charge in [-0.15, -0.1) is 0 Å². The van der Waals surface area contributed by atoms with E-state index in [1.54, 1.807) is 0 Å². The Morgan fingerprint density at radius 3 is 2.45 bits per heavy atom. The summed E-state index contributed by atoms with van der Waals surface area (Å²) in [6.45, 7) is 1.83. The van der Waals surface area contributed by atoms with Gasteiger partial charge in [-0.2, -0.15) is 0 Å². The lowest BCUT2D eigenvalue weighted by atomic mass is 10.3. The maximum Gasteiger partial charge on any atom is 0.252 e. The molecule has 1 saturated carbocycles. The molecule has 110 valence electrons. The van der Waals surface area contributed by atoms with E-state index in [2.05, 4.69) is 10.0 Å². The first-order chi connectivity index (χ1) is 9.38. The monoisotopic (exact) mass is 298 g/mol. The Labute approximate surface area is 118 Å². The van der Waals surface area contributed by atoms with E-state index in [0.717, 1.165) is 12.8 Å². The fourth-order valence-electron chi connectivity index (χ4n) is 1.60. The van der Waals surface area contributed by atoms with Crippen molar-refractivity contribution in [2.45, 2.75) is 30.8 Å². The Morgan fingerprint density at radius 1 is 1.35 bits per heavy atom. The summed E-state index contributed by atoms with van der Waals surface area (Å²) in [7, 11) is -3.49. The number of carbonyl (C=O) groups excluding carboxylic acids is 1. The van der Waals surface area contributed by atoms with E-state index in [4.69, 9.17) is 5.11 Å². The molecule has 0 aliphatic heterocycles. The van der Waals surface area contributed by atoms with Crippen molar-refractivity contribution >= 4 is 21.6 Å². The number of amides is 1. The molecular weight excluding hydrogens is 280 g/mol. The molecule has 6 nitrogen and oxygen atoms in total. The number of aliphatic hydroxyl groups excluding tert-OH is 1. The number of anilines is 1. The molecule has 0 saturated heterocycles. The van der Waals surface area contributed by atoms with Crippen molar-refractivity contribution in [2.24, 2.45) is 5.92 Å². The van der Waals surface area contributed by atoms with Crippen LogP contribution in [0.1, 0.15) is 19.8 Å². The minimum Gasteiger partial charge on any atom is -0.384 e. The lowest BCUT2D eigenvalue weighted by molar-refractivity contribution is -0.123. The van der Waals surface area contributed by atoms with Crippen molar-refractivity contribution in [3.8, 4) is 0 Å². The van der Waals surface area contributed by atoms with Gasteiger partial charge in [0.15, 0.2) is 0 Å². The van der Waals surface area contributed by atoms with E-state index in [-0.39, 0.29) is 4.90 Å². The molecule has 20 heavy (non-hydrogen) atoms. The van der Waals surface area contributed by atoms with Gasteiger partial charge in [0.1, 0.15) is 6.10 Å². The third-order valence-corrected chi connectivity index (χ3v) is 4.51. The molecule has 3 N–H and O–H groups in total. The van der Waals surface area contributed by atoms with Crippen molar-refractivity contribution in [2.75, 3.05) is 11.9 Å². The second-order valence-electron chi connectivity index (χ2n) is 4.98. The number of rotatable bonds is 6. The minimum atomic E-state index is -3.49. The lowest BCUT2D eigenvalue weighted by Crippen LogP contribution is -2.26. The van der Waals surface area contributed by atoms with Crippen LogP contribution in [0.4, 0.5) is 5.69 Å². The molecule has 1 atom stereocenters. The van der Waals surface area contributed by atoms with Crippen LogP contribution < -0.4 is 10.0 Å². The van der Waals surface area contributed by atoms with E-state index in [1.165, 1.54) is 31.2 Å². The summed E-state index contributed by atoms with van der Waals surface area (Å²) >= 11 is 0. The average Bonchev–Trinajstić information content (AvgIpc) is 3.21. The molecule has 1 fully saturated rings. The van der Waals surface area contributed by atoms with Gasteiger partial charge in [-0.1, -0.05) is 0 Å². The zero-order valence-electron chi connectivity index (χ0n) is 11.2. The van der Waals surface area contributed by atoms with E-state index in [1.807, 2.05) is 0 Å². The fraction of sp³-hybridized carbons (Fsp3) is 0.462. The number of carbonyl (C=O) groups is 1. The second kappa shape index (κ2) is 5.90. The fourth-order valence-corrected chi connectivity index (χ4v) is 2.71. The molecule has 1 aliphatic carbocycles. The molecule has 1 aromatic carbocycles. The zero-order chi connectivity index (χ0) is 14.8. The van der Waals surface area contributed by atoms with Gasteiger partial charge in [0.2, 0.25) is 10.0 Å². The highest BCUT2D eigenvalue weighted by Gasteiger charge is 2.24. The number of nitrogens with one attached hydrogen (secondary N) is 2.